The van der Waals surface area contributed by atoms with Crippen molar-refractivity contribution < 1.29 is 4.39 Å². The highest BCUT2D eigenvalue weighted by Gasteiger charge is 2.24. The average molecular weight is 395 g/mol. The number of nitrogens with zero attached hydrogens (tertiary/aromatic N) is 4. The van der Waals surface area contributed by atoms with Gasteiger partial charge in [-0.2, -0.15) is 4.98 Å². The van der Waals surface area contributed by atoms with E-state index in [1.165, 1.54) is 12.1 Å². The smallest absolute Gasteiger partial charge is 0.225 e. The van der Waals surface area contributed by atoms with Crippen LogP contribution < -0.4 is 11.1 Å². The van der Waals surface area contributed by atoms with Gasteiger partial charge in [0.25, 0.3) is 0 Å². The Labute approximate surface area is 165 Å². The fourth-order valence-electron chi connectivity index (χ4n) is 3.08. The van der Waals surface area contributed by atoms with Crippen LogP contribution in [0.3, 0.4) is 0 Å². The number of benzene rings is 2. The Balaban J connectivity index is 1.73. The Morgan fingerprint density at radius 3 is 2.43 bits per heavy atom. The Bertz CT molecular complexity index is 1170. The van der Waals surface area contributed by atoms with Crippen LogP contribution in [-0.2, 0) is 0 Å². The quantitative estimate of drug-likeness (QED) is 0.535. The molecule has 1 aliphatic carbocycles. The molecule has 2 aromatic heterocycles. The number of fused-ring (bicyclic) bond motifs is 1. The number of halogens is 2. The van der Waals surface area contributed by atoms with Gasteiger partial charge in [-0.05, 0) is 61.4 Å². The largest absolute Gasteiger partial charge is 0.383 e. The molecule has 0 unspecified atom stereocenters. The molecule has 4 aromatic rings. The molecule has 0 saturated heterocycles. The van der Waals surface area contributed by atoms with Crippen molar-refractivity contribution in [2.24, 2.45) is 0 Å². The number of nitrogens with one attached hydrogen (secondary N) is 1. The molecule has 28 heavy (non-hydrogen) atoms. The molecule has 8 heteroatoms. The molecule has 6 nitrogen and oxygen atoms in total. The molecule has 1 aliphatic rings. The Morgan fingerprint density at radius 2 is 1.75 bits per heavy atom. The SMILES string of the molecule is Nc1c2c(-c3ccc(F)cc3)nc(NC3CC3)nc2nn1-c1ccc(Cl)cc1. The van der Waals surface area contributed by atoms with E-state index in [4.69, 9.17) is 17.3 Å². The third kappa shape index (κ3) is 3.03. The van der Waals surface area contributed by atoms with Gasteiger partial charge < -0.3 is 11.1 Å². The van der Waals surface area contributed by atoms with Gasteiger partial charge in [0, 0.05) is 16.6 Å². The van der Waals surface area contributed by atoms with Crippen LogP contribution in [-0.4, -0.2) is 25.8 Å². The van der Waals surface area contributed by atoms with Crippen molar-refractivity contribution in [1.29, 1.82) is 0 Å². The minimum Gasteiger partial charge on any atom is -0.383 e. The highest BCUT2D eigenvalue weighted by molar-refractivity contribution is 6.30. The molecule has 1 fully saturated rings. The van der Waals surface area contributed by atoms with Gasteiger partial charge >= 0.3 is 0 Å². The summed E-state index contributed by atoms with van der Waals surface area (Å²) in [6.07, 6.45) is 2.18. The molecule has 0 aliphatic heterocycles. The number of nitrogens with two attached hydrogens (primary N) is 1. The first-order valence-corrected chi connectivity index (χ1v) is 9.31. The van der Waals surface area contributed by atoms with Crippen LogP contribution in [0.2, 0.25) is 5.02 Å². The third-order valence-electron chi connectivity index (χ3n) is 4.67. The second-order valence-electron chi connectivity index (χ2n) is 6.79. The number of nitrogen functional groups attached to an aromatic ring is 1. The van der Waals surface area contributed by atoms with Crippen LogP contribution >= 0.6 is 11.6 Å². The first-order chi connectivity index (χ1) is 13.6. The minimum absolute atomic E-state index is 0.310. The Kier molecular flexibility index (Phi) is 3.91. The molecule has 5 rings (SSSR count). The number of hydrogen-bond donors (Lipinski definition) is 2. The number of anilines is 2. The van der Waals surface area contributed by atoms with E-state index >= 15 is 0 Å². The van der Waals surface area contributed by atoms with Crippen LogP contribution in [0.15, 0.2) is 48.5 Å². The fraction of sp³-hybridized carbons (Fsp3) is 0.150. The molecule has 1 saturated carbocycles. The summed E-state index contributed by atoms with van der Waals surface area (Å²) in [6.45, 7) is 0. The summed E-state index contributed by atoms with van der Waals surface area (Å²) in [5.41, 5.74) is 9.04. The van der Waals surface area contributed by atoms with Crippen molar-refractivity contribution in [3.05, 3.63) is 59.4 Å². The second-order valence-corrected chi connectivity index (χ2v) is 7.23. The summed E-state index contributed by atoms with van der Waals surface area (Å²) in [7, 11) is 0. The van der Waals surface area contributed by atoms with Crippen LogP contribution in [0.1, 0.15) is 12.8 Å². The summed E-state index contributed by atoms with van der Waals surface area (Å²) >= 11 is 5.99. The first-order valence-electron chi connectivity index (χ1n) is 8.93. The fourth-order valence-corrected chi connectivity index (χ4v) is 3.21. The van der Waals surface area contributed by atoms with Gasteiger partial charge in [-0.25, -0.2) is 14.1 Å². The predicted octanol–water partition coefficient (Wildman–Crippen LogP) is 4.43. The summed E-state index contributed by atoms with van der Waals surface area (Å²) in [4.78, 5) is 9.21. The number of hydrogen-bond acceptors (Lipinski definition) is 5. The van der Waals surface area contributed by atoms with E-state index in [9.17, 15) is 4.39 Å². The lowest BCUT2D eigenvalue weighted by atomic mass is 10.1. The molecule has 2 aromatic carbocycles. The van der Waals surface area contributed by atoms with E-state index in [1.807, 2.05) is 12.1 Å². The summed E-state index contributed by atoms with van der Waals surface area (Å²) in [6, 6.07) is 13.7. The van der Waals surface area contributed by atoms with Gasteiger partial charge in [0.1, 0.15) is 11.6 Å². The van der Waals surface area contributed by atoms with Gasteiger partial charge in [-0.1, -0.05) is 11.6 Å². The van der Waals surface area contributed by atoms with E-state index in [2.05, 4.69) is 20.4 Å². The van der Waals surface area contributed by atoms with Crippen molar-refractivity contribution in [2.45, 2.75) is 18.9 Å². The lowest BCUT2D eigenvalue weighted by Gasteiger charge is -2.08. The van der Waals surface area contributed by atoms with E-state index in [-0.39, 0.29) is 5.82 Å². The summed E-state index contributed by atoms with van der Waals surface area (Å²) in [5.74, 6) is 0.597. The molecule has 0 spiro atoms. The molecule has 0 bridgehead atoms. The topological polar surface area (TPSA) is 81.7 Å². The number of rotatable bonds is 4. The van der Waals surface area contributed by atoms with Gasteiger partial charge in [-0.3, -0.25) is 0 Å². The van der Waals surface area contributed by atoms with Crippen LogP contribution in [0.25, 0.3) is 28.0 Å². The van der Waals surface area contributed by atoms with Crippen molar-refractivity contribution >= 4 is 34.4 Å². The van der Waals surface area contributed by atoms with Gasteiger partial charge in [0.2, 0.25) is 5.95 Å². The predicted molar refractivity (Wildman–Crippen MR) is 108 cm³/mol. The zero-order valence-electron chi connectivity index (χ0n) is 14.7. The maximum atomic E-state index is 13.4. The molecule has 2 heterocycles. The van der Waals surface area contributed by atoms with Crippen LogP contribution in [0.5, 0.6) is 0 Å². The minimum atomic E-state index is -0.310. The summed E-state index contributed by atoms with van der Waals surface area (Å²) in [5, 5.41) is 9.14. The third-order valence-corrected chi connectivity index (χ3v) is 4.92. The van der Waals surface area contributed by atoms with Gasteiger partial charge in [0.05, 0.1) is 16.8 Å². The van der Waals surface area contributed by atoms with E-state index in [1.54, 1.807) is 28.9 Å². The lowest BCUT2D eigenvalue weighted by molar-refractivity contribution is 0.628. The van der Waals surface area contributed by atoms with E-state index in [0.29, 0.717) is 39.6 Å². The second kappa shape index (κ2) is 6.45. The molecule has 140 valence electrons. The highest BCUT2D eigenvalue weighted by atomic mass is 35.5. The maximum absolute atomic E-state index is 13.4. The zero-order chi connectivity index (χ0) is 19.3. The van der Waals surface area contributed by atoms with Crippen LogP contribution in [0, 0.1) is 5.82 Å². The molecule has 0 amide bonds. The van der Waals surface area contributed by atoms with Gasteiger partial charge in [0.15, 0.2) is 5.65 Å². The van der Waals surface area contributed by atoms with Crippen molar-refractivity contribution in [3.63, 3.8) is 0 Å². The monoisotopic (exact) mass is 394 g/mol. The highest BCUT2D eigenvalue weighted by Crippen LogP contribution is 2.34. The molecule has 0 atom stereocenters. The molecular weight excluding hydrogens is 379 g/mol. The van der Waals surface area contributed by atoms with E-state index < -0.39 is 0 Å². The van der Waals surface area contributed by atoms with Crippen molar-refractivity contribution in [1.82, 2.24) is 19.7 Å². The van der Waals surface area contributed by atoms with E-state index in [0.717, 1.165) is 24.1 Å². The van der Waals surface area contributed by atoms with Crippen LogP contribution in [0.4, 0.5) is 16.2 Å². The normalized spacial score (nSPS) is 13.8. The lowest BCUT2D eigenvalue weighted by Crippen LogP contribution is -2.06. The van der Waals surface area contributed by atoms with Crippen molar-refractivity contribution in [2.75, 3.05) is 11.1 Å². The van der Waals surface area contributed by atoms with Crippen molar-refractivity contribution in [3.8, 4) is 16.9 Å². The summed E-state index contributed by atoms with van der Waals surface area (Å²) < 4.78 is 15.0. The average Bonchev–Trinajstić information content (AvgIpc) is 3.44. The number of aromatic nitrogens is 4. The first kappa shape index (κ1) is 16.9. The van der Waals surface area contributed by atoms with Gasteiger partial charge in [-0.15, -0.1) is 5.10 Å². The molecular formula is C20H16ClFN6. The maximum Gasteiger partial charge on any atom is 0.225 e. The molecule has 0 radical (unpaired) electrons. The Hall–Kier alpha value is -3.19. The zero-order valence-corrected chi connectivity index (χ0v) is 15.5. The molecule has 3 N–H and O–H groups in total. The standard InChI is InChI=1S/C20H16ClFN6/c21-12-3-9-15(10-4-12)28-18(23)16-17(11-1-5-13(22)6-2-11)25-20(24-14-7-8-14)26-19(16)27-28/h1-6,9-10,14H,7-8,23H2,(H,24,26,27). The Morgan fingerprint density at radius 1 is 1.04 bits per heavy atom.